The van der Waals surface area contributed by atoms with E-state index >= 15 is 0 Å². The molecule has 1 aromatic carbocycles. The molecule has 21 heavy (non-hydrogen) atoms. The molecule has 2 N–H and O–H groups in total. The summed E-state index contributed by atoms with van der Waals surface area (Å²) in [5.41, 5.74) is 1.78. The average molecular weight is 306 g/mol. The van der Waals surface area contributed by atoms with E-state index in [9.17, 15) is 4.80 Å². The maximum absolute atomic E-state index is 10.6. The molecule has 0 spiro atoms. The Balaban J connectivity index is 2.19. The molecule has 1 aromatic rings. The van der Waals surface area contributed by atoms with Gasteiger partial charge in [-0.05, 0) is 67.9 Å². The minimum atomic E-state index is -2.12. The van der Waals surface area contributed by atoms with E-state index in [0.717, 1.165) is 19.5 Å². The smallest absolute Gasteiger partial charge is 0.188 e. The van der Waals surface area contributed by atoms with Crippen LogP contribution in [0.2, 0.25) is 18.1 Å². The van der Waals surface area contributed by atoms with Crippen LogP contribution in [0.5, 0.6) is 0 Å². The molecule has 0 aromatic heterocycles. The zero-order valence-corrected chi connectivity index (χ0v) is 15.1. The van der Waals surface area contributed by atoms with E-state index in [4.69, 9.17) is 0 Å². The summed E-state index contributed by atoms with van der Waals surface area (Å²) < 4.78 is 0. The zero-order chi connectivity index (χ0) is 15.6. The van der Waals surface area contributed by atoms with Crippen LogP contribution >= 0.6 is 0 Å². The third-order valence-corrected chi connectivity index (χ3v) is 9.39. The fraction of sp³-hybridized carbons (Fsp3) is 0.667. The van der Waals surface area contributed by atoms with Crippen LogP contribution in [-0.2, 0) is 5.41 Å². The number of benzene rings is 1. The Labute approximate surface area is 131 Å². The maximum Gasteiger partial charge on any atom is 0.188 e. The van der Waals surface area contributed by atoms with Gasteiger partial charge < -0.3 is 10.1 Å². The lowest BCUT2D eigenvalue weighted by Gasteiger charge is -2.43. The highest BCUT2D eigenvalue weighted by Crippen LogP contribution is 2.46. The molecule has 0 unspecified atom stereocenters. The largest absolute Gasteiger partial charge is 0.432 e. The third kappa shape index (κ3) is 3.76. The van der Waals surface area contributed by atoms with Crippen molar-refractivity contribution in [3.8, 4) is 0 Å². The van der Waals surface area contributed by atoms with Crippen LogP contribution in [0.15, 0.2) is 30.3 Å². The SMILES string of the molecule is CC(C)(CCC1(c2ccccc2)CCNCC1)[Si](C)(C)O. The van der Waals surface area contributed by atoms with Crippen LogP contribution in [0.1, 0.15) is 45.1 Å². The molecule has 0 atom stereocenters. The molecule has 1 aliphatic rings. The molecule has 0 radical (unpaired) electrons. The number of hydrogen-bond donors (Lipinski definition) is 2. The lowest BCUT2D eigenvalue weighted by atomic mass is 9.69. The average Bonchev–Trinajstić information content (AvgIpc) is 2.46. The minimum absolute atomic E-state index is 0.0691. The quantitative estimate of drug-likeness (QED) is 0.804. The van der Waals surface area contributed by atoms with Gasteiger partial charge >= 0.3 is 0 Å². The lowest BCUT2D eigenvalue weighted by Crippen LogP contribution is -2.43. The van der Waals surface area contributed by atoms with Gasteiger partial charge in [0.25, 0.3) is 0 Å². The van der Waals surface area contributed by atoms with Crippen LogP contribution in [0, 0.1) is 0 Å². The van der Waals surface area contributed by atoms with Crippen LogP contribution in [-0.4, -0.2) is 26.2 Å². The van der Waals surface area contributed by atoms with Gasteiger partial charge in [0.05, 0.1) is 0 Å². The summed E-state index contributed by atoms with van der Waals surface area (Å²) in [4.78, 5) is 10.6. The van der Waals surface area contributed by atoms with Crippen molar-refractivity contribution in [1.29, 1.82) is 0 Å². The summed E-state index contributed by atoms with van der Waals surface area (Å²) in [6.07, 6.45) is 4.71. The first-order valence-electron chi connectivity index (χ1n) is 8.26. The van der Waals surface area contributed by atoms with Crippen molar-refractivity contribution in [2.45, 2.75) is 63.1 Å². The van der Waals surface area contributed by atoms with E-state index in [2.05, 4.69) is 62.6 Å². The fourth-order valence-electron chi connectivity index (χ4n) is 3.24. The van der Waals surface area contributed by atoms with Crippen molar-refractivity contribution >= 4 is 8.32 Å². The van der Waals surface area contributed by atoms with Crippen molar-refractivity contribution in [3.63, 3.8) is 0 Å². The highest BCUT2D eigenvalue weighted by atomic mass is 28.4. The molecule has 0 saturated carbocycles. The van der Waals surface area contributed by atoms with Gasteiger partial charge in [0.2, 0.25) is 0 Å². The molecule has 0 bridgehead atoms. The first kappa shape index (κ1) is 16.7. The Morgan fingerprint density at radius 1 is 1.14 bits per heavy atom. The topological polar surface area (TPSA) is 32.3 Å². The molecule has 2 rings (SSSR count). The van der Waals surface area contributed by atoms with Crippen molar-refractivity contribution < 1.29 is 4.80 Å². The number of hydrogen-bond acceptors (Lipinski definition) is 2. The summed E-state index contributed by atoms with van der Waals surface area (Å²) in [5, 5.41) is 3.57. The Hall–Kier alpha value is -0.643. The molecule has 1 aliphatic heterocycles. The van der Waals surface area contributed by atoms with Crippen molar-refractivity contribution in [2.24, 2.45) is 0 Å². The predicted molar refractivity (Wildman–Crippen MR) is 93.2 cm³/mol. The first-order valence-corrected chi connectivity index (χ1v) is 11.2. The summed E-state index contributed by atoms with van der Waals surface area (Å²) in [7, 11) is -2.12. The molecule has 1 fully saturated rings. The minimum Gasteiger partial charge on any atom is -0.432 e. The molecule has 2 nitrogen and oxygen atoms in total. The Morgan fingerprint density at radius 3 is 2.24 bits per heavy atom. The molecule has 3 heteroatoms. The predicted octanol–water partition coefficient (Wildman–Crippen LogP) is 4.07. The second kappa shape index (κ2) is 6.23. The normalized spacial score (nSPS) is 19.5. The second-order valence-corrected chi connectivity index (χ2v) is 12.3. The monoisotopic (exact) mass is 305 g/mol. The molecule has 0 aliphatic carbocycles. The summed E-state index contributed by atoms with van der Waals surface area (Å²) in [6.45, 7) is 10.9. The van der Waals surface area contributed by atoms with E-state index in [0.29, 0.717) is 5.41 Å². The second-order valence-electron chi connectivity index (χ2n) is 7.84. The fourth-order valence-corrected chi connectivity index (χ4v) is 3.97. The zero-order valence-electron chi connectivity index (χ0n) is 14.1. The highest BCUT2D eigenvalue weighted by molar-refractivity contribution is 6.72. The van der Waals surface area contributed by atoms with Crippen LogP contribution in [0.25, 0.3) is 0 Å². The van der Waals surface area contributed by atoms with Gasteiger partial charge in [-0.2, -0.15) is 0 Å². The Bertz CT molecular complexity index is 444. The number of piperidine rings is 1. The third-order valence-electron chi connectivity index (χ3n) is 5.83. The number of nitrogens with one attached hydrogen (secondary N) is 1. The van der Waals surface area contributed by atoms with E-state index in [1.807, 2.05) is 0 Å². The Morgan fingerprint density at radius 2 is 1.71 bits per heavy atom. The summed E-state index contributed by atoms with van der Waals surface area (Å²) >= 11 is 0. The maximum atomic E-state index is 10.6. The van der Waals surface area contributed by atoms with Gasteiger partial charge in [-0.1, -0.05) is 44.2 Å². The molecular formula is C18H31NOSi. The standard InChI is InChI=1S/C18H31NOSi/c1-17(2,21(3,4)20)10-11-18(12-14-19-15-13-18)16-8-6-5-7-9-16/h5-9,19-20H,10-15H2,1-4H3. The van der Waals surface area contributed by atoms with E-state index in [-0.39, 0.29) is 5.04 Å². The van der Waals surface area contributed by atoms with E-state index in [1.54, 1.807) is 0 Å². The number of rotatable bonds is 5. The first-order chi connectivity index (χ1) is 9.77. The van der Waals surface area contributed by atoms with Crippen LogP contribution < -0.4 is 5.32 Å². The summed E-state index contributed by atoms with van der Waals surface area (Å²) in [6, 6.07) is 11.0. The van der Waals surface area contributed by atoms with Gasteiger partial charge in [-0.25, -0.2) is 0 Å². The van der Waals surface area contributed by atoms with E-state index in [1.165, 1.54) is 24.8 Å². The van der Waals surface area contributed by atoms with Gasteiger partial charge in [0.1, 0.15) is 0 Å². The van der Waals surface area contributed by atoms with Crippen molar-refractivity contribution in [2.75, 3.05) is 13.1 Å². The molecular weight excluding hydrogens is 274 g/mol. The highest BCUT2D eigenvalue weighted by Gasteiger charge is 2.41. The van der Waals surface area contributed by atoms with Crippen molar-refractivity contribution in [3.05, 3.63) is 35.9 Å². The van der Waals surface area contributed by atoms with E-state index < -0.39 is 8.32 Å². The van der Waals surface area contributed by atoms with Crippen molar-refractivity contribution in [1.82, 2.24) is 5.32 Å². The van der Waals surface area contributed by atoms with Gasteiger partial charge in [-0.15, -0.1) is 0 Å². The molecule has 118 valence electrons. The lowest BCUT2D eigenvalue weighted by molar-refractivity contribution is 0.266. The Kier molecular flexibility index (Phi) is 4.96. The molecule has 1 heterocycles. The van der Waals surface area contributed by atoms with Gasteiger partial charge in [-0.3, -0.25) is 0 Å². The van der Waals surface area contributed by atoms with Gasteiger partial charge in [0, 0.05) is 0 Å². The van der Waals surface area contributed by atoms with Crippen LogP contribution in [0.3, 0.4) is 0 Å². The van der Waals surface area contributed by atoms with Gasteiger partial charge in [0.15, 0.2) is 8.32 Å². The molecule has 1 saturated heterocycles. The summed E-state index contributed by atoms with van der Waals surface area (Å²) in [5.74, 6) is 0. The molecule has 0 amide bonds. The van der Waals surface area contributed by atoms with Crippen LogP contribution in [0.4, 0.5) is 0 Å².